The van der Waals surface area contributed by atoms with Crippen molar-refractivity contribution in [1.82, 2.24) is 9.55 Å². The van der Waals surface area contributed by atoms with Crippen molar-refractivity contribution in [2.45, 2.75) is 18.5 Å². The number of sulfonamides is 1. The maximum Gasteiger partial charge on any atom is 0.257 e. The lowest BCUT2D eigenvalue weighted by atomic mass is 10.2. The molecule has 0 saturated carbocycles. The second kappa shape index (κ2) is 4.71. The molecule has 0 unspecified atom stereocenters. The summed E-state index contributed by atoms with van der Waals surface area (Å²) in [6, 6.07) is 3.19. The van der Waals surface area contributed by atoms with Crippen LogP contribution in [0, 0.1) is 18.6 Å². The average Bonchev–Trinajstić information content (AvgIpc) is 2.64. The van der Waals surface area contributed by atoms with Crippen LogP contribution in [-0.2, 0) is 16.6 Å². The highest BCUT2D eigenvalue weighted by Gasteiger charge is 2.15. The molecule has 0 spiro atoms. The predicted molar refractivity (Wildman–Crippen MR) is 63.8 cm³/mol. The summed E-state index contributed by atoms with van der Waals surface area (Å²) in [7, 11) is -3.90. The van der Waals surface area contributed by atoms with Gasteiger partial charge in [0.05, 0.1) is 6.54 Å². The van der Waals surface area contributed by atoms with E-state index in [4.69, 9.17) is 5.14 Å². The number of halogens is 2. The van der Waals surface area contributed by atoms with Crippen LogP contribution >= 0.6 is 0 Å². The molecule has 2 rings (SSSR count). The molecule has 5 nitrogen and oxygen atoms in total. The van der Waals surface area contributed by atoms with Crippen molar-refractivity contribution in [3.63, 3.8) is 0 Å². The highest BCUT2D eigenvalue weighted by atomic mass is 32.2. The van der Waals surface area contributed by atoms with Crippen LogP contribution in [0.5, 0.6) is 0 Å². The van der Waals surface area contributed by atoms with E-state index in [9.17, 15) is 17.2 Å². The summed E-state index contributed by atoms with van der Waals surface area (Å²) in [6.45, 7) is 1.61. The number of primary sulfonamides is 1. The number of rotatable bonds is 3. The highest BCUT2D eigenvalue weighted by molar-refractivity contribution is 7.89. The third-order valence-corrected chi connectivity index (χ3v) is 3.38. The summed E-state index contributed by atoms with van der Waals surface area (Å²) in [6.07, 6.45) is 1.22. The number of nitrogens with zero attached hydrogens (tertiary/aromatic N) is 2. The molecule has 2 N–H and O–H groups in total. The number of aryl methyl sites for hydroxylation is 1. The molecule has 0 fully saturated rings. The van der Waals surface area contributed by atoms with Gasteiger partial charge in [-0.05, 0) is 13.0 Å². The van der Waals surface area contributed by atoms with E-state index in [1.807, 2.05) is 0 Å². The minimum atomic E-state index is -3.90. The van der Waals surface area contributed by atoms with Crippen LogP contribution in [0.25, 0.3) is 0 Å². The molecule has 0 aliphatic carbocycles. The molecular weight excluding hydrogens is 276 g/mol. The van der Waals surface area contributed by atoms with Crippen LogP contribution in [0.3, 0.4) is 0 Å². The molecular formula is C11H11F2N3O2S. The fraction of sp³-hybridized carbons (Fsp3) is 0.182. The molecule has 1 aromatic heterocycles. The monoisotopic (exact) mass is 287 g/mol. The van der Waals surface area contributed by atoms with Gasteiger partial charge in [-0.3, -0.25) is 0 Å². The fourth-order valence-corrected chi connectivity index (χ4v) is 2.14. The van der Waals surface area contributed by atoms with Crippen molar-refractivity contribution >= 4 is 10.0 Å². The Hall–Kier alpha value is -1.80. The normalized spacial score (nSPS) is 11.8. The van der Waals surface area contributed by atoms with Crippen LogP contribution in [0.15, 0.2) is 29.4 Å². The summed E-state index contributed by atoms with van der Waals surface area (Å²) < 4.78 is 50.0. The van der Waals surface area contributed by atoms with Crippen molar-refractivity contribution in [1.29, 1.82) is 0 Å². The van der Waals surface area contributed by atoms with Gasteiger partial charge in [-0.1, -0.05) is 6.07 Å². The van der Waals surface area contributed by atoms with Crippen molar-refractivity contribution in [3.05, 3.63) is 47.4 Å². The standard InChI is InChI=1S/C11H11F2N3O2S/c1-7-15-11(19(14,17)18)6-16(7)5-8-2-3-9(12)4-10(8)13/h2-4,6H,5H2,1H3,(H2,14,17,18). The molecule has 0 saturated heterocycles. The van der Waals surface area contributed by atoms with Crippen LogP contribution in [-0.4, -0.2) is 18.0 Å². The molecule has 0 amide bonds. The van der Waals surface area contributed by atoms with Crippen molar-refractivity contribution in [2.24, 2.45) is 5.14 Å². The van der Waals surface area contributed by atoms with Gasteiger partial charge in [-0.2, -0.15) is 0 Å². The molecule has 0 aliphatic heterocycles. The molecule has 8 heteroatoms. The summed E-state index contributed by atoms with van der Waals surface area (Å²) in [5.41, 5.74) is 0.225. The summed E-state index contributed by atoms with van der Waals surface area (Å²) in [5, 5.41) is 4.67. The Morgan fingerprint density at radius 2 is 2.05 bits per heavy atom. The summed E-state index contributed by atoms with van der Waals surface area (Å²) in [5.74, 6) is -1.01. The summed E-state index contributed by atoms with van der Waals surface area (Å²) >= 11 is 0. The first-order chi connectivity index (χ1) is 8.77. The van der Waals surface area contributed by atoms with Gasteiger partial charge < -0.3 is 4.57 Å². The second-order valence-corrected chi connectivity index (χ2v) is 5.54. The lowest BCUT2D eigenvalue weighted by Gasteiger charge is -2.06. The van der Waals surface area contributed by atoms with Crippen LogP contribution < -0.4 is 5.14 Å². The molecule has 0 aliphatic rings. The predicted octanol–water partition coefficient (Wildman–Crippen LogP) is 1.17. The Morgan fingerprint density at radius 1 is 1.37 bits per heavy atom. The van der Waals surface area contributed by atoms with E-state index in [0.29, 0.717) is 5.82 Å². The minimum absolute atomic E-state index is 0.0421. The first-order valence-electron chi connectivity index (χ1n) is 5.28. The minimum Gasteiger partial charge on any atom is -0.329 e. The summed E-state index contributed by atoms with van der Waals surface area (Å²) in [4.78, 5) is 3.78. The van der Waals surface area contributed by atoms with Crippen molar-refractivity contribution < 1.29 is 17.2 Å². The van der Waals surface area contributed by atoms with Crippen LogP contribution in [0.2, 0.25) is 0 Å². The molecule has 0 bridgehead atoms. The number of imidazole rings is 1. The van der Waals surface area contributed by atoms with E-state index >= 15 is 0 Å². The first kappa shape index (κ1) is 13.6. The lowest BCUT2D eigenvalue weighted by Crippen LogP contribution is -2.12. The largest absolute Gasteiger partial charge is 0.329 e. The van der Waals surface area contributed by atoms with Crippen molar-refractivity contribution in [2.75, 3.05) is 0 Å². The van der Waals surface area contributed by atoms with E-state index in [1.54, 1.807) is 6.92 Å². The van der Waals surface area contributed by atoms with E-state index in [0.717, 1.165) is 12.1 Å². The van der Waals surface area contributed by atoms with Gasteiger partial charge in [0, 0.05) is 17.8 Å². The second-order valence-electron chi connectivity index (χ2n) is 4.03. The topological polar surface area (TPSA) is 78.0 Å². The van der Waals surface area contributed by atoms with E-state index in [1.165, 1.54) is 16.8 Å². The maximum atomic E-state index is 13.5. The number of benzene rings is 1. The van der Waals surface area contributed by atoms with Gasteiger partial charge in [0.1, 0.15) is 17.5 Å². The highest BCUT2D eigenvalue weighted by Crippen LogP contribution is 2.14. The van der Waals surface area contributed by atoms with E-state index < -0.39 is 21.7 Å². The molecule has 1 aromatic carbocycles. The van der Waals surface area contributed by atoms with Crippen LogP contribution in [0.4, 0.5) is 8.78 Å². The van der Waals surface area contributed by atoms with Gasteiger partial charge in [0.25, 0.3) is 10.0 Å². The quantitative estimate of drug-likeness (QED) is 0.920. The van der Waals surface area contributed by atoms with Gasteiger partial charge in [-0.15, -0.1) is 0 Å². The molecule has 0 atom stereocenters. The third kappa shape index (κ3) is 2.96. The number of aromatic nitrogens is 2. The number of hydrogen-bond acceptors (Lipinski definition) is 3. The van der Waals surface area contributed by atoms with E-state index in [2.05, 4.69) is 4.98 Å². The van der Waals surface area contributed by atoms with Gasteiger partial charge in [0.15, 0.2) is 5.03 Å². The zero-order valence-electron chi connectivity index (χ0n) is 9.97. The molecule has 2 aromatic rings. The zero-order chi connectivity index (χ0) is 14.2. The van der Waals surface area contributed by atoms with Gasteiger partial charge >= 0.3 is 0 Å². The zero-order valence-corrected chi connectivity index (χ0v) is 10.8. The lowest BCUT2D eigenvalue weighted by molar-refractivity contribution is 0.565. The smallest absolute Gasteiger partial charge is 0.257 e. The Balaban J connectivity index is 2.36. The average molecular weight is 287 g/mol. The maximum absolute atomic E-state index is 13.5. The fourth-order valence-electron chi connectivity index (χ4n) is 1.61. The molecule has 19 heavy (non-hydrogen) atoms. The number of nitrogens with two attached hydrogens (primary N) is 1. The number of hydrogen-bond donors (Lipinski definition) is 1. The third-order valence-electron chi connectivity index (χ3n) is 2.60. The van der Waals surface area contributed by atoms with Gasteiger partial charge in [0.2, 0.25) is 0 Å². The Kier molecular flexibility index (Phi) is 3.38. The van der Waals surface area contributed by atoms with Crippen molar-refractivity contribution in [3.8, 4) is 0 Å². The molecule has 0 radical (unpaired) electrons. The Bertz CT molecular complexity index is 726. The Morgan fingerprint density at radius 3 is 2.58 bits per heavy atom. The van der Waals surface area contributed by atoms with Crippen LogP contribution in [0.1, 0.15) is 11.4 Å². The first-order valence-corrected chi connectivity index (χ1v) is 6.82. The van der Waals surface area contributed by atoms with E-state index in [-0.39, 0.29) is 17.1 Å². The Labute approximate surface area is 108 Å². The molecule has 102 valence electrons. The van der Waals surface area contributed by atoms with Gasteiger partial charge in [-0.25, -0.2) is 27.3 Å². The SMILES string of the molecule is Cc1nc(S(N)(=O)=O)cn1Cc1ccc(F)cc1F. The molecule has 1 heterocycles.